The molecular weight excluding hydrogens is 276 g/mol. The second-order valence-electron chi connectivity index (χ2n) is 5.74. The van der Waals surface area contributed by atoms with Gasteiger partial charge >= 0.3 is 5.97 Å². The number of carbonyl (C=O) groups is 2. The number of carbonyl (C=O) groups excluding carboxylic acids is 2. The molecule has 0 unspecified atom stereocenters. The molecule has 1 spiro atoms. The van der Waals surface area contributed by atoms with Crippen molar-refractivity contribution in [1.82, 2.24) is 0 Å². The molecule has 1 saturated heterocycles. The lowest BCUT2D eigenvalue weighted by molar-refractivity contribution is -0.194. The lowest BCUT2D eigenvalue weighted by atomic mass is 9.91. The van der Waals surface area contributed by atoms with E-state index in [0.29, 0.717) is 0 Å². The monoisotopic (exact) mass is 296 g/mol. The van der Waals surface area contributed by atoms with Crippen LogP contribution in [-0.2, 0) is 28.5 Å². The molecule has 3 rings (SSSR count). The molecule has 6 heteroatoms. The minimum atomic E-state index is -0.675. The van der Waals surface area contributed by atoms with Crippen LogP contribution in [0.1, 0.15) is 38.5 Å². The average Bonchev–Trinajstić information content (AvgIpc) is 2.85. The number of hydrogen-bond donors (Lipinski definition) is 0. The second kappa shape index (κ2) is 5.42. The topological polar surface area (TPSA) is 71.1 Å². The number of methoxy groups -OCH3 is 2. The average molecular weight is 296 g/mol. The Balaban J connectivity index is 1.86. The molecule has 0 amide bonds. The smallest absolute Gasteiger partial charge is 0.337 e. The Labute approximate surface area is 123 Å². The van der Waals surface area contributed by atoms with Crippen molar-refractivity contribution < 1.29 is 28.5 Å². The van der Waals surface area contributed by atoms with Crippen molar-refractivity contribution in [2.75, 3.05) is 14.2 Å². The van der Waals surface area contributed by atoms with Crippen LogP contribution in [0.2, 0.25) is 0 Å². The summed E-state index contributed by atoms with van der Waals surface area (Å²) in [5.41, 5.74) is 0.239. The first-order valence-electron chi connectivity index (χ1n) is 7.35. The molecule has 0 radical (unpaired) electrons. The van der Waals surface area contributed by atoms with Gasteiger partial charge in [-0.1, -0.05) is 6.42 Å². The molecular formula is C15H20O6. The van der Waals surface area contributed by atoms with Crippen LogP contribution >= 0.6 is 0 Å². The van der Waals surface area contributed by atoms with Gasteiger partial charge in [0.15, 0.2) is 17.7 Å². The van der Waals surface area contributed by atoms with E-state index < -0.39 is 24.0 Å². The van der Waals surface area contributed by atoms with Gasteiger partial charge in [-0.3, -0.25) is 4.79 Å². The fraction of sp³-hybridized carbons (Fsp3) is 0.733. The minimum Gasteiger partial charge on any atom is -0.492 e. The Hall–Kier alpha value is -1.40. The van der Waals surface area contributed by atoms with Crippen LogP contribution in [0.15, 0.2) is 11.3 Å². The van der Waals surface area contributed by atoms with Gasteiger partial charge in [0.2, 0.25) is 5.78 Å². The fourth-order valence-electron chi connectivity index (χ4n) is 3.46. The van der Waals surface area contributed by atoms with E-state index >= 15 is 0 Å². The van der Waals surface area contributed by atoms with E-state index in [4.69, 9.17) is 18.9 Å². The minimum absolute atomic E-state index is 0.0413. The number of hydrogen-bond acceptors (Lipinski definition) is 6. The highest BCUT2D eigenvalue weighted by Crippen LogP contribution is 2.44. The van der Waals surface area contributed by atoms with Gasteiger partial charge < -0.3 is 18.9 Å². The Bertz CT molecular complexity index is 488. The summed E-state index contributed by atoms with van der Waals surface area (Å²) in [5.74, 6) is -1.49. The first-order chi connectivity index (χ1) is 10.1. The van der Waals surface area contributed by atoms with E-state index in [1.807, 2.05) is 0 Å². The molecule has 2 atom stereocenters. The molecule has 0 N–H and O–H groups in total. The van der Waals surface area contributed by atoms with Crippen molar-refractivity contribution >= 4 is 11.8 Å². The van der Waals surface area contributed by atoms with Gasteiger partial charge in [0.1, 0.15) is 0 Å². The fourth-order valence-corrected chi connectivity index (χ4v) is 3.46. The van der Waals surface area contributed by atoms with Crippen LogP contribution in [0, 0.1) is 0 Å². The predicted molar refractivity (Wildman–Crippen MR) is 71.2 cm³/mol. The molecule has 1 aliphatic heterocycles. The van der Waals surface area contributed by atoms with Crippen LogP contribution in [0.25, 0.3) is 0 Å². The molecule has 2 aliphatic carbocycles. The number of ether oxygens (including phenoxy) is 4. The van der Waals surface area contributed by atoms with Crippen LogP contribution in [0.4, 0.5) is 0 Å². The normalized spacial score (nSPS) is 31.2. The third-order valence-electron chi connectivity index (χ3n) is 4.46. The zero-order valence-electron chi connectivity index (χ0n) is 12.3. The lowest BCUT2D eigenvalue weighted by Gasteiger charge is -2.31. The van der Waals surface area contributed by atoms with Crippen LogP contribution < -0.4 is 0 Å². The predicted octanol–water partition coefficient (Wildman–Crippen LogP) is 1.48. The Kier molecular flexibility index (Phi) is 3.75. The maximum Gasteiger partial charge on any atom is 0.337 e. The van der Waals surface area contributed by atoms with E-state index in [1.165, 1.54) is 14.2 Å². The van der Waals surface area contributed by atoms with Crippen LogP contribution in [0.3, 0.4) is 0 Å². The standard InChI is InChI=1S/C15H20O6/c1-18-12-9(14(17)19-2)8-10-13(11(12)16)21-15(20-10)6-4-3-5-7-15/h10,13H,3-8H2,1-2H3/t10-,13-/m1/s1. The summed E-state index contributed by atoms with van der Waals surface area (Å²) in [4.78, 5) is 24.3. The van der Waals surface area contributed by atoms with Gasteiger partial charge in [0.25, 0.3) is 0 Å². The van der Waals surface area contributed by atoms with Crippen molar-refractivity contribution in [2.45, 2.75) is 56.5 Å². The summed E-state index contributed by atoms with van der Waals surface area (Å²) in [6.07, 6.45) is 3.99. The summed E-state index contributed by atoms with van der Waals surface area (Å²) in [6.45, 7) is 0. The first kappa shape index (κ1) is 14.5. The molecule has 6 nitrogen and oxygen atoms in total. The second-order valence-corrected chi connectivity index (χ2v) is 5.74. The molecule has 0 bridgehead atoms. The number of fused-ring (bicyclic) bond motifs is 1. The van der Waals surface area contributed by atoms with Gasteiger partial charge in [-0.15, -0.1) is 0 Å². The van der Waals surface area contributed by atoms with E-state index in [2.05, 4.69) is 0 Å². The highest BCUT2D eigenvalue weighted by Gasteiger charge is 2.54. The maximum atomic E-state index is 12.5. The third-order valence-corrected chi connectivity index (χ3v) is 4.46. The molecule has 1 saturated carbocycles. The summed E-state index contributed by atoms with van der Waals surface area (Å²) in [6, 6.07) is 0. The highest BCUT2D eigenvalue weighted by atomic mass is 16.8. The Morgan fingerprint density at radius 2 is 1.90 bits per heavy atom. The molecule has 0 aromatic heterocycles. The summed E-state index contributed by atoms with van der Waals surface area (Å²) in [5, 5.41) is 0. The quantitative estimate of drug-likeness (QED) is 0.719. The highest BCUT2D eigenvalue weighted by molar-refractivity contribution is 6.06. The first-order valence-corrected chi connectivity index (χ1v) is 7.35. The van der Waals surface area contributed by atoms with Crippen molar-refractivity contribution in [1.29, 1.82) is 0 Å². The third kappa shape index (κ3) is 2.36. The number of ketones is 1. The molecule has 0 aromatic rings. The van der Waals surface area contributed by atoms with Gasteiger partial charge in [0, 0.05) is 19.3 Å². The summed E-state index contributed by atoms with van der Waals surface area (Å²) < 4.78 is 21.9. The van der Waals surface area contributed by atoms with E-state index in [-0.39, 0.29) is 23.5 Å². The molecule has 2 fully saturated rings. The molecule has 21 heavy (non-hydrogen) atoms. The van der Waals surface area contributed by atoms with E-state index in [1.54, 1.807) is 0 Å². The van der Waals surface area contributed by atoms with Crippen molar-refractivity contribution in [2.24, 2.45) is 0 Å². The largest absolute Gasteiger partial charge is 0.492 e. The molecule has 1 heterocycles. The SMILES string of the molecule is COC(=O)C1=C(OC)C(=O)[C@@H]2OC3(CCCCC3)O[C@@H]2C1. The summed E-state index contributed by atoms with van der Waals surface area (Å²) in [7, 11) is 2.66. The molecule has 116 valence electrons. The van der Waals surface area contributed by atoms with Gasteiger partial charge in [0.05, 0.1) is 25.9 Å². The van der Waals surface area contributed by atoms with E-state index in [9.17, 15) is 9.59 Å². The van der Waals surface area contributed by atoms with Gasteiger partial charge in [-0.25, -0.2) is 4.79 Å². The van der Waals surface area contributed by atoms with Crippen molar-refractivity contribution in [3.63, 3.8) is 0 Å². The Morgan fingerprint density at radius 1 is 1.19 bits per heavy atom. The Morgan fingerprint density at radius 3 is 2.52 bits per heavy atom. The zero-order valence-corrected chi connectivity index (χ0v) is 12.3. The molecule has 3 aliphatic rings. The number of rotatable bonds is 2. The van der Waals surface area contributed by atoms with Gasteiger partial charge in [-0.2, -0.15) is 0 Å². The molecule has 0 aromatic carbocycles. The number of Topliss-reactive ketones (excluding diaryl/α,β-unsaturated/α-hetero) is 1. The van der Waals surface area contributed by atoms with Crippen molar-refractivity contribution in [3.8, 4) is 0 Å². The zero-order chi connectivity index (χ0) is 15.0. The van der Waals surface area contributed by atoms with Crippen LogP contribution in [-0.4, -0.2) is 44.0 Å². The summed E-state index contributed by atoms with van der Waals surface area (Å²) >= 11 is 0. The maximum absolute atomic E-state index is 12.5. The number of esters is 1. The van der Waals surface area contributed by atoms with Gasteiger partial charge in [-0.05, 0) is 12.8 Å². The van der Waals surface area contributed by atoms with Crippen LogP contribution in [0.5, 0.6) is 0 Å². The lowest BCUT2D eigenvalue weighted by Crippen LogP contribution is -2.39. The van der Waals surface area contributed by atoms with Crippen molar-refractivity contribution in [3.05, 3.63) is 11.3 Å². The van der Waals surface area contributed by atoms with E-state index in [0.717, 1.165) is 32.1 Å².